The number of nitrogens with zero attached hydrogens (tertiary/aromatic N) is 4. The molecule has 4 amide bonds. The number of hydrogen-bond acceptors (Lipinski definition) is 10. The lowest BCUT2D eigenvalue weighted by atomic mass is 9.80. The smallest absolute Gasteiger partial charge is 0.407 e. The summed E-state index contributed by atoms with van der Waals surface area (Å²) >= 11 is 0. The van der Waals surface area contributed by atoms with E-state index in [1.165, 1.54) is 14.2 Å². The molecule has 380 valence electrons. The molecule has 10 rings (SSSR count). The van der Waals surface area contributed by atoms with Gasteiger partial charge in [0, 0.05) is 37.8 Å². The summed E-state index contributed by atoms with van der Waals surface area (Å²) in [5.41, 5.74) is 5.52. The molecule has 2 saturated carbocycles. The van der Waals surface area contributed by atoms with E-state index in [-0.39, 0.29) is 59.0 Å². The van der Waals surface area contributed by atoms with Crippen LogP contribution in [-0.2, 0) is 35.0 Å². The third-order valence-electron chi connectivity index (χ3n) is 17.1. The molecule has 2 aliphatic carbocycles. The average Bonchev–Trinajstić information content (AvgIpc) is 4.28. The van der Waals surface area contributed by atoms with Crippen molar-refractivity contribution in [2.75, 3.05) is 27.4 Å². The lowest BCUT2D eigenvalue weighted by molar-refractivity contribution is -0.143. The summed E-state index contributed by atoms with van der Waals surface area (Å²) < 4.78 is 22.7. The molecule has 2 spiro atoms. The Morgan fingerprint density at radius 1 is 0.634 bits per heavy atom. The lowest BCUT2D eigenvalue weighted by Gasteiger charge is -2.42. The second-order valence-corrected chi connectivity index (χ2v) is 21.5. The van der Waals surface area contributed by atoms with Crippen LogP contribution < -0.4 is 10.6 Å². The minimum absolute atomic E-state index is 0.0163. The molecule has 6 heterocycles. The van der Waals surface area contributed by atoms with Gasteiger partial charge < -0.3 is 49.3 Å². The number of aromatic amines is 2. The zero-order valence-electron chi connectivity index (χ0n) is 41.9. The maximum Gasteiger partial charge on any atom is 0.407 e. The molecule has 0 radical (unpaired) electrons. The fourth-order valence-electron chi connectivity index (χ4n) is 13.4. The van der Waals surface area contributed by atoms with E-state index in [9.17, 15) is 19.2 Å². The summed E-state index contributed by atoms with van der Waals surface area (Å²) in [6.07, 6.45) is 17.9. The van der Waals surface area contributed by atoms with E-state index < -0.39 is 24.3 Å². The van der Waals surface area contributed by atoms with Gasteiger partial charge in [-0.05, 0) is 125 Å². The first kappa shape index (κ1) is 48.9. The highest BCUT2D eigenvalue weighted by atomic mass is 16.5. The molecule has 4 saturated heterocycles. The zero-order chi connectivity index (χ0) is 49.3. The number of alkyl carbamates (subject to hydrolysis) is 2. The molecule has 16 nitrogen and oxygen atoms in total. The normalized spacial score (nSPS) is 26.6. The van der Waals surface area contributed by atoms with Gasteiger partial charge in [0.2, 0.25) is 11.8 Å². The third kappa shape index (κ3) is 10.2. The molecule has 6 fully saturated rings. The number of aromatic nitrogens is 4. The van der Waals surface area contributed by atoms with Gasteiger partial charge in [0.15, 0.2) is 0 Å². The monoisotopic (exact) mass is 973 g/mol. The average molecular weight is 973 g/mol. The van der Waals surface area contributed by atoms with Crippen LogP contribution in [0.4, 0.5) is 9.59 Å². The van der Waals surface area contributed by atoms with Gasteiger partial charge in [0.05, 0.1) is 55.2 Å². The Kier molecular flexibility index (Phi) is 14.3. The van der Waals surface area contributed by atoms with Gasteiger partial charge in [-0.1, -0.05) is 74.2 Å². The number of hydrogen-bond donors (Lipinski definition) is 4. The molecule has 6 aliphatic rings. The first-order valence-electron chi connectivity index (χ1n) is 26.4. The number of nitrogens with one attached hydrogen (secondary N) is 4. The number of methoxy groups -OCH3 is 2. The molecule has 4 aliphatic heterocycles. The van der Waals surface area contributed by atoms with Gasteiger partial charge in [-0.3, -0.25) is 9.59 Å². The second-order valence-electron chi connectivity index (χ2n) is 21.5. The number of amides is 4. The SMILES string of the molecule is COC(=O)NC(C(=O)N1[C@@H](C)CC[C@H]1c1ncc(-c2ccc(-c3ccc(-c4cnc(C[C@@H]5CC[C@H](C)N5C(=O)[C@@H](NC(=O)OC)C5CCOC6(CCCC6)C5)[nH]4)cc3)cc2)[nH]1)C1CCOC2(CCCC2)C1. The van der Waals surface area contributed by atoms with Crippen LogP contribution in [0.5, 0.6) is 0 Å². The predicted molar refractivity (Wildman–Crippen MR) is 267 cm³/mol. The van der Waals surface area contributed by atoms with Crippen molar-refractivity contribution >= 4 is 24.0 Å². The molecular formula is C55H72N8O8. The van der Waals surface area contributed by atoms with Crippen molar-refractivity contribution in [2.24, 2.45) is 11.8 Å². The first-order valence-corrected chi connectivity index (χ1v) is 26.4. The highest BCUT2D eigenvalue weighted by Crippen LogP contribution is 2.46. The van der Waals surface area contributed by atoms with E-state index in [1.54, 1.807) is 0 Å². The lowest BCUT2D eigenvalue weighted by Crippen LogP contribution is -2.57. The standard InChI is InChI=1S/C55H72N8O8/c1-34-9-19-42(62(34)50(64)47(60-52(66)68-3)40-21-27-70-54(30-40)23-5-6-24-54)29-46-56-32-43(58-46)38-15-11-36(12-16-38)37-13-17-39(18-14-37)44-33-57-49(59-44)45-20-10-35(2)63(45)51(65)48(61-53(67)69-4)41-22-28-71-55(31-41)25-7-8-26-55/h11-18,32-35,40-42,45,47-48H,5-10,19-31H2,1-4H3,(H,56,58)(H,57,59)(H,60,66)(H,61,67)/t34-,35-,40?,41?,42-,45-,47-,48?/m0/s1. The number of imidazole rings is 2. The van der Waals surface area contributed by atoms with Crippen molar-refractivity contribution in [3.05, 3.63) is 72.6 Å². The number of ether oxygens (including phenoxy) is 4. The summed E-state index contributed by atoms with van der Waals surface area (Å²) in [7, 11) is 2.68. The molecule has 16 heteroatoms. The van der Waals surface area contributed by atoms with Crippen LogP contribution >= 0.6 is 0 Å². The van der Waals surface area contributed by atoms with E-state index in [2.05, 4.69) is 83.0 Å². The Morgan fingerprint density at radius 2 is 1.10 bits per heavy atom. The number of carbonyl (C=O) groups excluding carboxylic acids is 4. The van der Waals surface area contributed by atoms with Crippen LogP contribution in [-0.4, -0.2) is 123 Å². The Hall–Kier alpha value is -5.74. The molecule has 0 bridgehead atoms. The van der Waals surface area contributed by atoms with Gasteiger partial charge in [-0.2, -0.15) is 0 Å². The fraction of sp³-hybridized carbons (Fsp3) is 0.600. The van der Waals surface area contributed by atoms with Crippen LogP contribution in [0.3, 0.4) is 0 Å². The summed E-state index contributed by atoms with van der Waals surface area (Å²) in [6, 6.07) is 15.1. The topological polar surface area (TPSA) is 193 Å². The minimum Gasteiger partial charge on any atom is -0.453 e. The van der Waals surface area contributed by atoms with Crippen molar-refractivity contribution in [1.29, 1.82) is 0 Å². The molecule has 71 heavy (non-hydrogen) atoms. The quantitative estimate of drug-likeness (QED) is 0.106. The largest absolute Gasteiger partial charge is 0.453 e. The van der Waals surface area contributed by atoms with Gasteiger partial charge >= 0.3 is 12.2 Å². The van der Waals surface area contributed by atoms with E-state index >= 15 is 0 Å². The van der Waals surface area contributed by atoms with Crippen molar-refractivity contribution < 1.29 is 38.1 Å². The number of benzene rings is 2. The summed E-state index contributed by atoms with van der Waals surface area (Å²) in [6.45, 7) is 5.36. The Labute approximate surface area is 417 Å². The van der Waals surface area contributed by atoms with Crippen LogP contribution in [0.25, 0.3) is 33.6 Å². The number of rotatable bonds is 12. The summed E-state index contributed by atoms with van der Waals surface area (Å²) in [5.74, 6) is 1.36. The molecule has 8 atom stereocenters. The summed E-state index contributed by atoms with van der Waals surface area (Å²) in [4.78, 5) is 75.1. The van der Waals surface area contributed by atoms with Crippen molar-refractivity contribution in [1.82, 2.24) is 40.4 Å². The maximum atomic E-state index is 14.6. The van der Waals surface area contributed by atoms with E-state index in [0.717, 1.165) is 142 Å². The molecule has 4 N–H and O–H groups in total. The molecule has 2 aromatic carbocycles. The second kappa shape index (κ2) is 20.8. The molecule has 3 unspecified atom stereocenters. The Bertz CT molecular complexity index is 2510. The first-order chi connectivity index (χ1) is 34.4. The number of carbonyl (C=O) groups is 4. The van der Waals surface area contributed by atoms with E-state index in [1.807, 2.05) is 22.2 Å². The van der Waals surface area contributed by atoms with Gasteiger partial charge in [-0.15, -0.1) is 0 Å². The van der Waals surface area contributed by atoms with Gasteiger partial charge in [0.25, 0.3) is 0 Å². The third-order valence-corrected chi connectivity index (χ3v) is 17.1. The number of likely N-dealkylation sites (tertiary alicyclic amines) is 2. The highest BCUT2D eigenvalue weighted by Gasteiger charge is 2.49. The molecule has 4 aromatic rings. The minimum atomic E-state index is -0.708. The van der Waals surface area contributed by atoms with Crippen molar-refractivity contribution in [3.8, 4) is 33.6 Å². The van der Waals surface area contributed by atoms with Gasteiger partial charge in [-0.25, -0.2) is 19.6 Å². The van der Waals surface area contributed by atoms with Crippen molar-refractivity contribution in [3.63, 3.8) is 0 Å². The predicted octanol–water partition coefficient (Wildman–Crippen LogP) is 9.04. The van der Waals surface area contributed by atoms with E-state index in [0.29, 0.717) is 26.1 Å². The highest BCUT2D eigenvalue weighted by molar-refractivity contribution is 5.87. The molecular weight excluding hydrogens is 901 g/mol. The maximum absolute atomic E-state index is 14.6. The Morgan fingerprint density at radius 3 is 1.63 bits per heavy atom. The van der Waals surface area contributed by atoms with Crippen LogP contribution in [0.15, 0.2) is 60.9 Å². The number of H-pyrrole nitrogens is 2. The van der Waals surface area contributed by atoms with Crippen molar-refractivity contribution in [2.45, 2.75) is 170 Å². The fourth-order valence-corrected chi connectivity index (χ4v) is 13.4. The Balaban J connectivity index is 0.781. The van der Waals surface area contributed by atoms with Crippen LogP contribution in [0.1, 0.15) is 134 Å². The summed E-state index contributed by atoms with van der Waals surface area (Å²) in [5, 5.41) is 5.90. The van der Waals surface area contributed by atoms with Crippen LogP contribution in [0.2, 0.25) is 0 Å². The van der Waals surface area contributed by atoms with Crippen LogP contribution in [0, 0.1) is 11.8 Å². The van der Waals surface area contributed by atoms with Gasteiger partial charge in [0.1, 0.15) is 23.7 Å². The van der Waals surface area contributed by atoms with E-state index in [4.69, 9.17) is 28.9 Å². The zero-order valence-corrected chi connectivity index (χ0v) is 41.9. The molecule has 2 aromatic heterocycles.